The van der Waals surface area contributed by atoms with Gasteiger partial charge >= 0.3 is 13.5 Å². The van der Waals surface area contributed by atoms with Gasteiger partial charge in [-0.3, -0.25) is 23.4 Å². The van der Waals surface area contributed by atoms with Gasteiger partial charge in [0.05, 0.1) is 16.3 Å². The highest BCUT2D eigenvalue weighted by atomic mass is 31.2. The average molecular weight is 588 g/mol. The van der Waals surface area contributed by atoms with Crippen molar-refractivity contribution in [3.8, 4) is 18.1 Å². The molecule has 1 fully saturated rings. The number of rotatable bonds is 4. The number of aliphatic hydroxyl groups is 2. The van der Waals surface area contributed by atoms with E-state index in [1.807, 2.05) is 5.92 Å². The number of aromatic nitrogens is 2. The number of fused-ring (bicyclic) bond motifs is 1. The number of H-pyrrole nitrogens is 1. The van der Waals surface area contributed by atoms with Gasteiger partial charge in [0, 0.05) is 11.8 Å². The van der Waals surface area contributed by atoms with Crippen molar-refractivity contribution in [2.75, 3.05) is 6.56 Å². The highest BCUT2D eigenvalue weighted by molar-refractivity contribution is 7.49. The molecule has 0 saturated carbocycles. The van der Waals surface area contributed by atoms with Gasteiger partial charge in [-0.1, -0.05) is 47.5 Å². The Balaban J connectivity index is 1.75. The predicted molar refractivity (Wildman–Crippen MR) is 138 cm³/mol. The van der Waals surface area contributed by atoms with E-state index in [1.54, 1.807) is 46.5 Å². The first-order chi connectivity index (χ1) is 19.4. The average Bonchev–Trinajstić information content (AvgIpc) is 3.03. The molecule has 40 heavy (non-hydrogen) atoms. The van der Waals surface area contributed by atoms with Crippen LogP contribution in [0.3, 0.4) is 0 Å². The topological polar surface area (TPSA) is 149 Å². The van der Waals surface area contributed by atoms with Gasteiger partial charge in [-0.2, -0.15) is 0 Å². The van der Waals surface area contributed by atoms with E-state index in [4.69, 9.17) is 28.8 Å². The first-order valence-corrected chi connectivity index (χ1v) is 13.5. The molecule has 1 aromatic carbocycles. The molecule has 0 amide bonds. The molecule has 1 unspecified atom stereocenters. The van der Waals surface area contributed by atoms with E-state index in [2.05, 4.69) is 0 Å². The number of ether oxygens (including phenoxy) is 1. The molecule has 2 aromatic rings. The Kier molecular flexibility index (Phi) is 6.46. The van der Waals surface area contributed by atoms with Crippen LogP contribution in [0.25, 0.3) is 0 Å². The maximum absolute atomic E-state index is 16.3. The number of benzene rings is 1. The molecule has 5 atom stereocenters. The van der Waals surface area contributed by atoms with E-state index in [1.165, 1.54) is 6.07 Å². The molecular formula is C26H31F2N2O9P. The number of hydrogen-bond acceptors (Lipinski definition) is 9. The molecule has 11 nitrogen and oxygen atoms in total. The zero-order valence-corrected chi connectivity index (χ0v) is 23.4. The zero-order valence-electron chi connectivity index (χ0n) is 25.5. The van der Waals surface area contributed by atoms with Crippen LogP contribution in [-0.4, -0.2) is 44.4 Å². The highest BCUT2D eigenvalue weighted by Crippen LogP contribution is 2.58. The Bertz CT molecular complexity index is 1700. The molecule has 1 saturated heterocycles. The number of halogens is 2. The fraction of sp³-hybridized carbons (Fsp3) is 0.538. The minimum absolute atomic E-state index is 0.131. The monoisotopic (exact) mass is 587 g/mol. The Labute approximate surface area is 232 Å². The minimum Gasteiger partial charge on any atom is -0.403 e. The smallest absolute Gasteiger partial charge is 0.403 e. The second-order valence-electron chi connectivity index (χ2n) is 11.4. The maximum atomic E-state index is 16.3. The first kappa shape index (κ1) is 26.1. The molecule has 3 heterocycles. The molecule has 0 radical (unpaired) electrons. The number of nitrogens with one attached hydrogen (secondary N) is 1. The molecule has 2 aliphatic rings. The third kappa shape index (κ3) is 5.28. The number of terminal acetylenes is 1. The van der Waals surface area contributed by atoms with Gasteiger partial charge in [-0.25, -0.2) is 18.1 Å². The second kappa shape index (κ2) is 9.91. The number of hydrogen-bond donors (Lipinski definition) is 3. The number of phosphoric acid groups is 1. The van der Waals surface area contributed by atoms with E-state index in [0.717, 1.165) is 0 Å². The number of aliphatic hydroxyl groups excluding tert-OH is 2. The lowest BCUT2D eigenvalue weighted by atomic mass is 9.78. The SMILES string of the molecule is [2H]C([2H])(OP1(=O)OCc2c(F)c(C(C)(C)C)cc(C(C)(C)C)c2O1)[C@@]1(F)O[C@@]([2H])(n2cc(C#C)c(=O)[nH]c2=O)[C@H](O)[C@@H]1O. The van der Waals surface area contributed by atoms with Crippen LogP contribution in [0, 0.1) is 18.2 Å². The van der Waals surface area contributed by atoms with Gasteiger partial charge in [0.1, 0.15) is 35.9 Å². The minimum atomic E-state index is -5.18. The highest BCUT2D eigenvalue weighted by Gasteiger charge is 2.58. The lowest BCUT2D eigenvalue weighted by molar-refractivity contribution is -0.205. The van der Waals surface area contributed by atoms with E-state index in [-0.39, 0.29) is 15.9 Å². The van der Waals surface area contributed by atoms with Crippen molar-refractivity contribution in [2.45, 2.75) is 83.2 Å². The summed E-state index contributed by atoms with van der Waals surface area (Å²) in [5.41, 5.74) is -3.91. The van der Waals surface area contributed by atoms with Crippen LogP contribution < -0.4 is 15.8 Å². The van der Waals surface area contributed by atoms with Crippen LogP contribution in [0.5, 0.6) is 5.75 Å². The molecule has 0 aliphatic carbocycles. The molecule has 1 aromatic heterocycles. The molecule has 0 bridgehead atoms. The summed E-state index contributed by atoms with van der Waals surface area (Å²) in [5.74, 6) is -3.31. The van der Waals surface area contributed by atoms with Gasteiger partial charge in [-0.15, -0.1) is 6.42 Å². The summed E-state index contributed by atoms with van der Waals surface area (Å²) in [6.07, 6.45) is -3.22. The van der Waals surface area contributed by atoms with Crippen LogP contribution in [0.15, 0.2) is 21.9 Å². The van der Waals surface area contributed by atoms with Gasteiger partial charge in [-0.05, 0) is 22.5 Å². The molecule has 3 N–H and O–H groups in total. The third-order valence-electron chi connectivity index (χ3n) is 6.31. The maximum Gasteiger partial charge on any atom is 0.530 e. The fourth-order valence-electron chi connectivity index (χ4n) is 4.10. The van der Waals surface area contributed by atoms with Gasteiger partial charge in [0.2, 0.25) is 0 Å². The van der Waals surface area contributed by atoms with Crippen molar-refractivity contribution in [2.24, 2.45) is 0 Å². The van der Waals surface area contributed by atoms with Crippen LogP contribution in [0.2, 0.25) is 0 Å². The molecule has 0 spiro atoms. The first-order valence-electron chi connectivity index (χ1n) is 13.5. The van der Waals surface area contributed by atoms with Crippen molar-refractivity contribution in [3.05, 3.63) is 61.2 Å². The van der Waals surface area contributed by atoms with Crippen molar-refractivity contribution < 1.29 is 46.0 Å². The third-order valence-corrected chi connectivity index (χ3v) is 7.48. The van der Waals surface area contributed by atoms with Crippen LogP contribution in [0.4, 0.5) is 8.78 Å². The summed E-state index contributed by atoms with van der Waals surface area (Å²) in [6.45, 7) is 5.86. The fourth-order valence-corrected chi connectivity index (χ4v) is 5.20. The quantitative estimate of drug-likeness (QED) is 0.363. The second-order valence-corrected chi connectivity index (χ2v) is 12.9. The van der Waals surface area contributed by atoms with Crippen LogP contribution in [0.1, 0.15) is 74.1 Å². The lowest BCUT2D eigenvalue weighted by Crippen LogP contribution is -2.43. The van der Waals surface area contributed by atoms with Crippen molar-refractivity contribution in [1.82, 2.24) is 9.55 Å². The normalized spacial score (nSPS) is 31.9. The molecule has 4 rings (SSSR count). The Morgan fingerprint density at radius 1 is 1.30 bits per heavy atom. The Hall–Kier alpha value is -2.85. The van der Waals surface area contributed by atoms with Crippen molar-refractivity contribution in [1.29, 1.82) is 0 Å². The van der Waals surface area contributed by atoms with Crippen molar-refractivity contribution >= 4 is 7.82 Å². The van der Waals surface area contributed by atoms with Gasteiger partial charge < -0.3 is 19.5 Å². The predicted octanol–water partition coefficient (Wildman–Crippen LogP) is 2.90. The van der Waals surface area contributed by atoms with E-state index in [9.17, 15) is 24.4 Å². The summed E-state index contributed by atoms with van der Waals surface area (Å²) in [7, 11) is -5.18. The number of aromatic amines is 1. The zero-order chi connectivity index (χ0) is 32.7. The summed E-state index contributed by atoms with van der Waals surface area (Å²) in [4.78, 5) is 26.0. The number of alkyl halides is 1. The number of phosphoric ester groups is 1. The number of nitrogens with zero attached hydrogens (tertiary/aromatic N) is 1. The van der Waals surface area contributed by atoms with Gasteiger partial charge in [0.15, 0.2) is 6.20 Å². The summed E-state index contributed by atoms with van der Waals surface area (Å²) in [6, 6.07) is 1.51. The summed E-state index contributed by atoms with van der Waals surface area (Å²) < 4.78 is 90.7. The van der Waals surface area contributed by atoms with Crippen molar-refractivity contribution in [3.63, 3.8) is 0 Å². The summed E-state index contributed by atoms with van der Waals surface area (Å²) >= 11 is 0. The lowest BCUT2D eigenvalue weighted by Gasteiger charge is -2.34. The molecule has 218 valence electrons. The largest absolute Gasteiger partial charge is 0.530 e. The van der Waals surface area contributed by atoms with E-state index in [0.29, 0.717) is 17.3 Å². The Morgan fingerprint density at radius 2 is 1.93 bits per heavy atom. The van der Waals surface area contributed by atoms with Crippen LogP contribution >= 0.6 is 7.82 Å². The van der Waals surface area contributed by atoms with Gasteiger partial charge in [0.25, 0.3) is 11.4 Å². The standard InChI is InChI=1S/C26H31F2N2O9P/c1-8-13-10-30(23(34)29-21(13)33)22-18(31)20(32)26(28,38-22)12-37-40(35)36-11-14-17(27)15(24(2,3)4)9-16(19(14)39-40)25(5,6)7/h1,9-10,18,20,22,31-32H,11-12H2,2-7H3,(H,29,33,34)/t18-,20+,22-,26-,40?/m1/s1/i12D2,22D. The molecule has 14 heteroatoms. The molecular weight excluding hydrogens is 553 g/mol. The Morgan fingerprint density at radius 3 is 2.50 bits per heavy atom. The molecule has 2 aliphatic heterocycles. The van der Waals surface area contributed by atoms with Crippen LogP contribution in [-0.2, 0) is 35.8 Å². The summed E-state index contributed by atoms with van der Waals surface area (Å²) in [5, 5.41) is 21.1. The van der Waals surface area contributed by atoms with E-state index < -0.39 is 78.7 Å². The van der Waals surface area contributed by atoms with E-state index >= 15 is 8.78 Å².